The van der Waals surface area contributed by atoms with Crippen molar-refractivity contribution in [2.75, 3.05) is 13.2 Å². The van der Waals surface area contributed by atoms with Gasteiger partial charge in [0.15, 0.2) is 0 Å². The summed E-state index contributed by atoms with van der Waals surface area (Å²) in [6.07, 6.45) is 5.61. The normalized spacial score (nSPS) is 30.6. The monoisotopic (exact) mass is 155 g/mol. The molecule has 1 fully saturated rings. The highest BCUT2D eigenvalue weighted by Crippen LogP contribution is 2.23. The third-order valence-corrected chi connectivity index (χ3v) is 2.17. The number of nitrogens with two attached hydrogens (primary N) is 1. The zero-order valence-electron chi connectivity index (χ0n) is 6.96. The molecular formula is C9H17NO. The molecule has 1 saturated heterocycles. The highest BCUT2D eigenvalue weighted by Gasteiger charge is 2.23. The smallest absolute Gasteiger partial charge is 0.0613 e. The van der Waals surface area contributed by atoms with Crippen molar-refractivity contribution in [3.8, 4) is 0 Å². The molecule has 2 unspecified atom stereocenters. The average molecular weight is 155 g/mol. The van der Waals surface area contributed by atoms with Gasteiger partial charge in [0.2, 0.25) is 0 Å². The Hall–Kier alpha value is -0.340. The first-order valence-electron chi connectivity index (χ1n) is 4.29. The van der Waals surface area contributed by atoms with Crippen LogP contribution >= 0.6 is 0 Å². The van der Waals surface area contributed by atoms with Crippen molar-refractivity contribution in [3.05, 3.63) is 12.7 Å². The highest BCUT2D eigenvalue weighted by atomic mass is 16.5. The van der Waals surface area contributed by atoms with Crippen molar-refractivity contribution < 1.29 is 4.74 Å². The maximum atomic E-state index is 5.53. The second kappa shape index (κ2) is 4.52. The second-order valence-corrected chi connectivity index (χ2v) is 3.16. The molecule has 11 heavy (non-hydrogen) atoms. The maximum absolute atomic E-state index is 5.53. The van der Waals surface area contributed by atoms with Crippen LogP contribution in [0.1, 0.15) is 19.3 Å². The van der Waals surface area contributed by atoms with Crippen molar-refractivity contribution >= 4 is 0 Å². The van der Waals surface area contributed by atoms with Gasteiger partial charge in [0.05, 0.1) is 6.10 Å². The first-order valence-corrected chi connectivity index (χ1v) is 4.29. The lowest BCUT2D eigenvalue weighted by atomic mass is 10.0. The summed E-state index contributed by atoms with van der Waals surface area (Å²) in [5.41, 5.74) is 5.45. The van der Waals surface area contributed by atoms with E-state index in [9.17, 15) is 0 Å². The number of hydrogen-bond acceptors (Lipinski definition) is 2. The van der Waals surface area contributed by atoms with Gasteiger partial charge in [-0.2, -0.15) is 0 Å². The molecule has 0 saturated carbocycles. The van der Waals surface area contributed by atoms with Gasteiger partial charge in [0.1, 0.15) is 0 Å². The quantitative estimate of drug-likeness (QED) is 0.621. The molecule has 1 aliphatic rings. The molecule has 0 spiro atoms. The molecule has 0 bridgehead atoms. The lowest BCUT2D eigenvalue weighted by Gasteiger charge is -2.04. The molecule has 2 N–H and O–H groups in total. The van der Waals surface area contributed by atoms with Crippen LogP contribution in [0.2, 0.25) is 0 Å². The number of hydrogen-bond donors (Lipinski definition) is 1. The minimum absolute atomic E-state index is 0.420. The van der Waals surface area contributed by atoms with Crippen LogP contribution in [0.4, 0.5) is 0 Å². The van der Waals surface area contributed by atoms with Gasteiger partial charge < -0.3 is 10.5 Å². The van der Waals surface area contributed by atoms with Crippen molar-refractivity contribution in [2.45, 2.75) is 25.4 Å². The predicted molar refractivity (Wildman–Crippen MR) is 46.3 cm³/mol. The fraction of sp³-hybridized carbons (Fsp3) is 0.778. The molecule has 0 aromatic heterocycles. The summed E-state index contributed by atoms with van der Waals surface area (Å²) in [7, 11) is 0. The van der Waals surface area contributed by atoms with Crippen LogP contribution in [0.3, 0.4) is 0 Å². The van der Waals surface area contributed by atoms with Crippen molar-refractivity contribution in [1.82, 2.24) is 0 Å². The van der Waals surface area contributed by atoms with Crippen LogP contribution in [0, 0.1) is 5.92 Å². The van der Waals surface area contributed by atoms with E-state index in [2.05, 4.69) is 6.58 Å². The molecule has 0 aliphatic carbocycles. The van der Waals surface area contributed by atoms with E-state index in [1.165, 1.54) is 6.42 Å². The molecule has 1 rings (SSSR count). The lowest BCUT2D eigenvalue weighted by Crippen LogP contribution is -2.08. The molecule has 64 valence electrons. The fourth-order valence-corrected chi connectivity index (χ4v) is 1.57. The molecule has 0 amide bonds. The van der Waals surface area contributed by atoms with E-state index in [0.717, 1.165) is 26.0 Å². The Morgan fingerprint density at radius 3 is 3.09 bits per heavy atom. The molecule has 0 aromatic carbocycles. The van der Waals surface area contributed by atoms with Crippen LogP contribution in [-0.4, -0.2) is 19.3 Å². The van der Waals surface area contributed by atoms with E-state index in [1.807, 2.05) is 6.08 Å². The first kappa shape index (κ1) is 8.75. The van der Waals surface area contributed by atoms with Crippen LogP contribution < -0.4 is 5.73 Å². The third kappa shape index (κ3) is 2.64. The fourth-order valence-electron chi connectivity index (χ4n) is 1.57. The Bertz CT molecular complexity index is 125. The zero-order chi connectivity index (χ0) is 8.10. The molecule has 0 radical (unpaired) electrons. The number of rotatable bonds is 4. The van der Waals surface area contributed by atoms with Gasteiger partial charge in [0, 0.05) is 6.61 Å². The van der Waals surface area contributed by atoms with Gasteiger partial charge in [-0.3, -0.25) is 0 Å². The lowest BCUT2D eigenvalue weighted by molar-refractivity contribution is 0.108. The first-order chi connectivity index (χ1) is 5.36. The Morgan fingerprint density at radius 1 is 1.64 bits per heavy atom. The summed E-state index contributed by atoms with van der Waals surface area (Å²) in [5.74, 6) is 0.699. The average Bonchev–Trinajstić information content (AvgIpc) is 2.38. The molecule has 2 heteroatoms. The number of ether oxygens (including phenoxy) is 1. The standard InChI is InChI=1S/C9H17NO/c1-2-3-9-6-8(4-5-10)7-11-9/h2,8-9H,1,3-7,10H2. The minimum atomic E-state index is 0.420. The summed E-state index contributed by atoms with van der Waals surface area (Å²) in [4.78, 5) is 0. The van der Waals surface area contributed by atoms with Crippen LogP contribution in [0.15, 0.2) is 12.7 Å². The third-order valence-electron chi connectivity index (χ3n) is 2.17. The van der Waals surface area contributed by atoms with Gasteiger partial charge in [-0.25, -0.2) is 0 Å². The Kier molecular flexibility index (Phi) is 3.60. The van der Waals surface area contributed by atoms with E-state index in [1.54, 1.807) is 0 Å². The molecule has 1 aliphatic heterocycles. The molecule has 1 heterocycles. The Morgan fingerprint density at radius 2 is 2.45 bits per heavy atom. The van der Waals surface area contributed by atoms with E-state index >= 15 is 0 Å². The summed E-state index contributed by atoms with van der Waals surface area (Å²) in [5, 5.41) is 0. The second-order valence-electron chi connectivity index (χ2n) is 3.16. The Labute approximate surface area is 68.4 Å². The SMILES string of the molecule is C=CCC1CC(CCN)CO1. The highest BCUT2D eigenvalue weighted by molar-refractivity contribution is 4.80. The van der Waals surface area contributed by atoms with Crippen LogP contribution in [-0.2, 0) is 4.74 Å². The largest absolute Gasteiger partial charge is 0.378 e. The summed E-state index contributed by atoms with van der Waals surface area (Å²) in [6, 6.07) is 0. The molecule has 2 nitrogen and oxygen atoms in total. The van der Waals surface area contributed by atoms with Crippen LogP contribution in [0.5, 0.6) is 0 Å². The van der Waals surface area contributed by atoms with Crippen molar-refractivity contribution in [3.63, 3.8) is 0 Å². The van der Waals surface area contributed by atoms with Gasteiger partial charge >= 0.3 is 0 Å². The van der Waals surface area contributed by atoms with Crippen molar-refractivity contribution in [2.24, 2.45) is 11.7 Å². The summed E-state index contributed by atoms with van der Waals surface area (Å²) in [6.45, 7) is 5.38. The summed E-state index contributed by atoms with van der Waals surface area (Å²) >= 11 is 0. The van der Waals surface area contributed by atoms with Gasteiger partial charge in [-0.1, -0.05) is 6.08 Å². The molecular weight excluding hydrogens is 138 g/mol. The molecule has 0 aromatic rings. The Balaban J connectivity index is 2.17. The topological polar surface area (TPSA) is 35.2 Å². The van der Waals surface area contributed by atoms with E-state index < -0.39 is 0 Å². The van der Waals surface area contributed by atoms with E-state index in [4.69, 9.17) is 10.5 Å². The summed E-state index contributed by atoms with van der Waals surface area (Å²) < 4.78 is 5.53. The molecule has 2 atom stereocenters. The maximum Gasteiger partial charge on any atom is 0.0613 e. The van der Waals surface area contributed by atoms with Crippen LogP contribution in [0.25, 0.3) is 0 Å². The van der Waals surface area contributed by atoms with Gasteiger partial charge in [0.25, 0.3) is 0 Å². The zero-order valence-corrected chi connectivity index (χ0v) is 6.96. The minimum Gasteiger partial charge on any atom is -0.378 e. The predicted octanol–water partition coefficient (Wildman–Crippen LogP) is 1.32. The van der Waals surface area contributed by atoms with Gasteiger partial charge in [-0.15, -0.1) is 6.58 Å². The van der Waals surface area contributed by atoms with Crippen molar-refractivity contribution in [1.29, 1.82) is 0 Å². The van der Waals surface area contributed by atoms with E-state index in [-0.39, 0.29) is 0 Å². The van der Waals surface area contributed by atoms with Gasteiger partial charge in [-0.05, 0) is 31.7 Å². The van der Waals surface area contributed by atoms with E-state index in [0.29, 0.717) is 12.0 Å².